The van der Waals surface area contributed by atoms with Crippen LogP contribution in [0.15, 0.2) is 86.0 Å². The number of nitrogens with zero attached hydrogens (tertiary/aromatic N) is 2. The molecule has 0 fully saturated rings. The molecule has 0 N–H and O–H groups in total. The van der Waals surface area contributed by atoms with Crippen molar-refractivity contribution in [3.8, 4) is 0 Å². The van der Waals surface area contributed by atoms with Crippen LogP contribution in [-0.2, 0) is 42.6 Å². The van der Waals surface area contributed by atoms with Crippen LogP contribution in [0.25, 0.3) is 0 Å². The molecule has 0 spiro atoms. The van der Waals surface area contributed by atoms with Crippen molar-refractivity contribution in [1.82, 2.24) is 0 Å². The van der Waals surface area contributed by atoms with Gasteiger partial charge < -0.3 is 27.5 Å². The second kappa shape index (κ2) is 19.7. The fourth-order valence-corrected chi connectivity index (χ4v) is 3.76. The monoisotopic (exact) mass is 592 g/mol. The third-order valence-electron chi connectivity index (χ3n) is 5.54. The van der Waals surface area contributed by atoms with E-state index in [0.717, 1.165) is 48.0 Å². The Morgan fingerprint density at radius 2 is 1.00 bits per heavy atom. The van der Waals surface area contributed by atoms with Gasteiger partial charge in [0.2, 0.25) is 0 Å². The molecule has 0 radical (unpaired) electrons. The summed E-state index contributed by atoms with van der Waals surface area (Å²) in [4.78, 5) is 21.8. The van der Waals surface area contributed by atoms with E-state index in [1.165, 1.54) is 23.3 Å². The van der Waals surface area contributed by atoms with Crippen LogP contribution in [0.5, 0.6) is 0 Å². The van der Waals surface area contributed by atoms with Gasteiger partial charge in [0, 0.05) is 46.5 Å². The van der Waals surface area contributed by atoms with E-state index in [2.05, 4.69) is 89.9 Å². The zero-order chi connectivity index (χ0) is 31.4. The average molecular weight is 593 g/mol. The van der Waals surface area contributed by atoms with Crippen LogP contribution in [0.4, 0.5) is 0 Å². The molecule has 0 aliphatic rings. The Labute approximate surface area is 245 Å². The number of carbonyl (C=O) groups is 2. The lowest BCUT2D eigenvalue weighted by Crippen LogP contribution is -2.40. The first-order chi connectivity index (χ1) is 19.1. The lowest BCUT2D eigenvalue weighted by Gasteiger charge is -2.29. The van der Waals surface area contributed by atoms with Crippen molar-refractivity contribution < 1.29 is 45.6 Å². The zero-order valence-corrected chi connectivity index (χ0v) is 25.4. The van der Waals surface area contributed by atoms with Crippen LogP contribution in [0, 0.1) is 0 Å². The molecule has 11 heteroatoms. The summed E-state index contributed by atoms with van der Waals surface area (Å²) in [5, 5.41) is 0. The molecule has 0 aliphatic heterocycles. The first-order valence-corrected chi connectivity index (χ1v) is 14.4. The molecule has 228 valence electrons. The van der Waals surface area contributed by atoms with Crippen LogP contribution >= 0.6 is 0 Å². The fourth-order valence-electron chi connectivity index (χ4n) is 3.76. The molecule has 0 bridgehead atoms. The van der Waals surface area contributed by atoms with E-state index in [0.29, 0.717) is 13.2 Å². The third kappa shape index (κ3) is 24.2. The maximum Gasteiger partial charge on any atom is 0.330 e. The maximum absolute atomic E-state index is 10.9. The normalized spacial score (nSPS) is 11.1. The van der Waals surface area contributed by atoms with Crippen LogP contribution in [0.2, 0.25) is 0 Å². The molecule has 0 amide bonds. The zero-order valence-electron chi connectivity index (χ0n) is 24.6. The number of hydrogen-bond donors (Lipinski definition) is 0. The molecule has 2 aromatic rings. The summed E-state index contributed by atoms with van der Waals surface area (Å²) in [7, 11) is 3.56. The minimum absolute atomic E-state index is 0.344. The molecule has 2 aromatic carbocycles. The van der Waals surface area contributed by atoms with Crippen LogP contribution < -0.4 is 0 Å². The molecule has 0 saturated heterocycles. The molecule has 0 heterocycles. The van der Waals surface area contributed by atoms with Crippen molar-refractivity contribution in [2.45, 2.75) is 25.9 Å². The second-order valence-electron chi connectivity index (χ2n) is 10.5. The van der Waals surface area contributed by atoms with Gasteiger partial charge in [0.1, 0.15) is 13.1 Å². The number of esters is 2. The third-order valence-corrected chi connectivity index (χ3v) is 5.54. The number of ether oxygens (including phenoxy) is 2. The van der Waals surface area contributed by atoms with Gasteiger partial charge in [-0.2, -0.15) is 0 Å². The summed E-state index contributed by atoms with van der Waals surface area (Å²) in [6, 6.07) is 20.8. The van der Waals surface area contributed by atoms with Gasteiger partial charge in [-0.3, -0.25) is 8.42 Å². The van der Waals surface area contributed by atoms with Gasteiger partial charge in [-0.1, -0.05) is 73.8 Å². The Balaban J connectivity index is 0.000000671. The Morgan fingerprint density at radius 3 is 1.27 bits per heavy atom. The lowest BCUT2D eigenvalue weighted by molar-refractivity contribution is -0.903. The first kappa shape index (κ1) is 37.6. The highest BCUT2D eigenvalue weighted by Crippen LogP contribution is 2.11. The minimum Gasteiger partial charge on any atom is -0.759 e. The van der Waals surface area contributed by atoms with E-state index >= 15 is 0 Å². The molecule has 10 nitrogen and oxygen atoms in total. The van der Waals surface area contributed by atoms with Gasteiger partial charge in [-0.15, -0.1) is 0 Å². The van der Waals surface area contributed by atoms with Gasteiger partial charge in [0.05, 0.1) is 54.5 Å². The van der Waals surface area contributed by atoms with Gasteiger partial charge in [0.25, 0.3) is 0 Å². The predicted octanol–water partition coefficient (Wildman–Crippen LogP) is 3.43. The van der Waals surface area contributed by atoms with E-state index in [-0.39, 0.29) is 11.9 Å². The molecule has 2 rings (SSSR count). The number of benzene rings is 2. The summed E-state index contributed by atoms with van der Waals surface area (Å²) in [6.07, 6.45) is 4.12. The maximum atomic E-state index is 10.9. The van der Waals surface area contributed by atoms with Crippen molar-refractivity contribution in [3.05, 3.63) is 97.1 Å². The van der Waals surface area contributed by atoms with Crippen molar-refractivity contribution >= 4 is 22.3 Å². The van der Waals surface area contributed by atoms with Gasteiger partial charge in [-0.25, -0.2) is 9.59 Å². The average Bonchev–Trinajstić information content (AvgIpc) is 2.89. The number of hydrogen-bond acceptors (Lipinski definition) is 8. The summed E-state index contributed by atoms with van der Waals surface area (Å²) < 4.78 is 45.8. The van der Waals surface area contributed by atoms with Crippen molar-refractivity contribution in [1.29, 1.82) is 0 Å². The molecule has 0 saturated carbocycles. The lowest BCUT2D eigenvalue weighted by atomic mass is 10.2. The molecule has 0 unspecified atom stereocenters. The molecule has 41 heavy (non-hydrogen) atoms. The van der Waals surface area contributed by atoms with E-state index < -0.39 is 10.4 Å². The predicted molar refractivity (Wildman–Crippen MR) is 156 cm³/mol. The highest BCUT2D eigenvalue weighted by atomic mass is 32.3. The highest BCUT2D eigenvalue weighted by molar-refractivity contribution is 7.79. The highest BCUT2D eigenvalue weighted by Gasteiger charge is 2.16. The van der Waals surface area contributed by atoms with E-state index in [1.54, 1.807) is 0 Å². The van der Waals surface area contributed by atoms with Crippen molar-refractivity contribution in [2.24, 2.45) is 0 Å². The Kier molecular flexibility index (Phi) is 18.1. The van der Waals surface area contributed by atoms with E-state index in [1.807, 2.05) is 12.1 Å². The topological polar surface area (TPSA) is 133 Å². The summed E-state index contributed by atoms with van der Waals surface area (Å²) in [5.74, 6) is -0.688. The smallest absolute Gasteiger partial charge is 0.330 e. The van der Waals surface area contributed by atoms with Crippen molar-refractivity contribution in [2.75, 3.05) is 54.5 Å². The molecule has 0 aromatic heterocycles. The molecule has 0 atom stereocenters. The summed E-state index contributed by atoms with van der Waals surface area (Å²) in [6.45, 7) is 11.6. The minimum atomic E-state index is -5.17. The van der Waals surface area contributed by atoms with Crippen LogP contribution in [-0.4, -0.2) is 92.9 Å². The van der Waals surface area contributed by atoms with Crippen LogP contribution in [0.1, 0.15) is 24.0 Å². The standard InChI is InChI=1S/2C15H22NO2.H2O4S/c2*1-4-15(17)18-12-8-11-16(2,3)13-14-9-6-5-7-10-14;1-5(2,3)4/h2*4-7,9-10H,1,8,11-13H2,2-3H3;(H2,1,2,3,4)/q2*+1;/p-2. The SMILES string of the molecule is C=CC(=O)OCCC[N+](C)(C)Cc1ccccc1.C=CC(=O)OCCC[N+](C)(C)Cc1ccccc1.O=S(=O)([O-])[O-]. The van der Waals surface area contributed by atoms with E-state index in [9.17, 15) is 9.59 Å². The largest absolute Gasteiger partial charge is 0.759 e. The van der Waals surface area contributed by atoms with Crippen LogP contribution in [0.3, 0.4) is 0 Å². The van der Waals surface area contributed by atoms with E-state index in [4.69, 9.17) is 27.0 Å². The summed E-state index contributed by atoms with van der Waals surface area (Å²) >= 11 is 0. The Bertz CT molecular complexity index is 1070. The quantitative estimate of drug-likeness (QED) is 0.0814. The van der Waals surface area contributed by atoms with Gasteiger partial charge in [-0.05, 0) is 0 Å². The van der Waals surface area contributed by atoms with Gasteiger partial charge in [0.15, 0.2) is 0 Å². The molecular formula is C30H44N2O8S. The first-order valence-electron chi connectivity index (χ1n) is 13.0. The number of carbonyl (C=O) groups excluding carboxylic acids is 2. The Hall–Kier alpha value is -3.35. The molecular weight excluding hydrogens is 548 g/mol. The number of rotatable bonds is 14. The van der Waals surface area contributed by atoms with Gasteiger partial charge >= 0.3 is 11.9 Å². The fraction of sp³-hybridized carbons (Fsp3) is 0.400. The molecule has 0 aliphatic carbocycles. The summed E-state index contributed by atoms with van der Waals surface area (Å²) in [5.41, 5.74) is 2.65. The Morgan fingerprint density at radius 1 is 0.707 bits per heavy atom. The number of quaternary nitrogens is 2. The second-order valence-corrected chi connectivity index (χ2v) is 11.3. The van der Waals surface area contributed by atoms with Crippen molar-refractivity contribution in [3.63, 3.8) is 0 Å².